The SMILES string of the molecule is CCCCCCCCCCCCCCCCCCOS(=O)(=O)O.CCCCCCCCCCC[CH2][K].O=S(=O)(O)O.[NaH]. The Morgan fingerprint density at radius 3 is 0.881 bits per heavy atom. The number of rotatable bonds is 28. The molecule has 0 atom stereocenters. The van der Waals surface area contributed by atoms with Gasteiger partial charge >= 0.3 is 171 Å². The van der Waals surface area contributed by atoms with Gasteiger partial charge in [-0.05, 0) is 6.42 Å². The zero-order valence-electron chi connectivity index (χ0n) is 27.0. The van der Waals surface area contributed by atoms with E-state index in [0.29, 0.717) is 6.42 Å². The van der Waals surface area contributed by atoms with Crippen molar-refractivity contribution in [2.75, 3.05) is 6.61 Å². The molecule has 0 unspecified atom stereocenters. The predicted octanol–water partition coefficient (Wildman–Crippen LogP) is 9.26. The van der Waals surface area contributed by atoms with E-state index in [1.165, 1.54) is 148 Å². The molecule has 0 aliphatic rings. The molecule has 0 aromatic heterocycles. The Bertz CT molecular complexity index is 677. The van der Waals surface area contributed by atoms with Gasteiger partial charge in [0.15, 0.2) is 0 Å². The Labute approximate surface area is 317 Å². The summed E-state index contributed by atoms with van der Waals surface area (Å²) in [6.07, 6.45) is 35.3. The standard InChI is InChI=1S/C18H38O4S.C12H25.K.Na.H2O4S.H/c1-2-3-4-5-6-7-8-9-10-11-12-13-14-15-16-17-18-22-23(19,20)21;1-3-5-7-9-11-12-10-8-6-4-2;;;1-5(2,3)4;/h2-18H2,1H3,(H,19,20,21);1,3-12H2,2H3;;;(H2,1,2,3,4);. The van der Waals surface area contributed by atoms with E-state index in [1.54, 1.807) is 0.515 Å². The van der Waals surface area contributed by atoms with Crippen molar-refractivity contribution in [1.29, 1.82) is 0 Å². The third-order valence-electron chi connectivity index (χ3n) is 6.94. The Kier molecular flexibility index (Phi) is 50.5. The van der Waals surface area contributed by atoms with Gasteiger partial charge in [0.1, 0.15) is 0 Å². The van der Waals surface area contributed by atoms with Crippen LogP contribution in [0.15, 0.2) is 0 Å². The summed E-state index contributed by atoms with van der Waals surface area (Å²) in [6, 6.07) is 0. The van der Waals surface area contributed by atoms with E-state index in [0.717, 1.165) is 61.8 Å². The van der Waals surface area contributed by atoms with Crippen molar-refractivity contribution >= 4 is 99.3 Å². The first kappa shape index (κ1) is 51.2. The molecule has 0 aliphatic heterocycles. The second-order valence-corrected chi connectivity index (χ2v) is 14.7. The van der Waals surface area contributed by atoms with Gasteiger partial charge in [0.25, 0.3) is 0 Å². The van der Waals surface area contributed by atoms with Crippen LogP contribution in [0.1, 0.15) is 181 Å². The molecule has 0 fully saturated rings. The van der Waals surface area contributed by atoms with Gasteiger partial charge in [-0.1, -0.05) is 103 Å². The fourth-order valence-corrected chi connectivity index (χ4v) is 5.66. The van der Waals surface area contributed by atoms with Crippen LogP contribution in [-0.4, -0.2) is 116 Å². The Hall–Kier alpha value is 2.38. The Morgan fingerprint density at radius 2 is 0.667 bits per heavy atom. The van der Waals surface area contributed by atoms with E-state index in [1.807, 2.05) is 0 Å². The second kappa shape index (κ2) is 41.4. The van der Waals surface area contributed by atoms with Crippen LogP contribution in [0.5, 0.6) is 0 Å². The monoisotopic (exact) mass is 680 g/mol. The zero-order chi connectivity index (χ0) is 31.5. The van der Waals surface area contributed by atoms with Crippen LogP contribution in [0.2, 0.25) is 0.515 Å². The van der Waals surface area contributed by atoms with Gasteiger partial charge < -0.3 is 0 Å². The summed E-state index contributed by atoms with van der Waals surface area (Å²) in [5.74, 6) is 0. The molecule has 0 bridgehead atoms. The summed E-state index contributed by atoms with van der Waals surface area (Å²) < 4.78 is 66.5. The molecule has 12 heteroatoms. The van der Waals surface area contributed by atoms with E-state index < -0.39 is 20.8 Å². The molecule has 8 nitrogen and oxygen atoms in total. The minimum atomic E-state index is -4.67. The summed E-state index contributed by atoms with van der Waals surface area (Å²) in [4.78, 5) is 0. The average molecular weight is 681 g/mol. The maximum absolute atomic E-state index is 10.3. The molecule has 0 spiro atoms. The van der Waals surface area contributed by atoms with E-state index in [2.05, 4.69) is 18.0 Å². The molecule has 0 saturated heterocycles. The van der Waals surface area contributed by atoms with Crippen LogP contribution < -0.4 is 0 Å². The molecular formula is C30H66KNaO8S2. The predicted molar refractivity (Wildman–Crippen MR) is 181 cm³/mol. The maximum atomic E-state index is 10.3. The molecule has 0 rings (SSSR count). The first-order valence-corrected chi connectivity index (χ1v) is 21.8. The Balaban J connectivity index is -0.000000319. The molecule has 248 valence electrons. The van der Waals surface area contributed by atoms with Crippen LogP contribution in [0.4, 0.5) is 0 Å². The van der Waals surface area contributed by atoms with E-state index in [4.69, 9.17) is 22.1 Å². The summed E-state index contributed by atoms with van der Waals surface area (Å²) in [5, 5.41) is 0. The molecule has 0 radical (unpaired) electrons. The van der Waals surface area contributed by atoms with Gasteiger partial charge in [-0.15, -0.1) is 0 Å². The van der Waals surface area contributed by atoms with Crippen molar-refractivity contribution in [3.63, 3.8) is 0 Å². The van der Waals surface area contributed by atoms with Crippen molar-refractivity contribution in [2.45, 2.75) is 181 Å². The van der Waals surface area contributed by atoms with Crippen molar-refractivity contribution in [1.82, 2.24) is 0 Å². The summed E-state index contributed by atoms with van der Waals surface area (Å²) in [5.41, 5.74) is 0. The van der Waals surface area contributed by atoms with E-state index in [9.17, 15) is 8.42 Å². The third kappa shape index (κ3) is 69.2. The number of hydrogen-bond donors (Lipinski definition) is 3. The van der Waals surface area contributed by atoms with Gasteiger partial charge in [-0.25, -0.2) is 4.18 Å². The van der Waals surface area contributed by atoms with Gasteiger partial charge in [0, 0.05) is 0 Å². The normalized spacial score (nSPS) is 11.2. The zero-order valence-corrected chi connectivity index (χ0v) is 31.8. The van der Waals surface area contributed by atoms with Gasteiger partial charge in [0.2, 0.25) is 0 Å². The van der Waals surface area contributed by atoms with Crippen LogP contribution in [-0.2, 0) is 25.0 Å². The summed E-state index contributed by atoms with van der Waals surface area (Å²) in [7, 11) is -8.91. The Morgan fingerprint density at radius 1 is 0.452 bits per heavy atom. The topological polar surface area (TPSA) is 138 Å². The average Bonchev–Trinajstić information content (AvgIpc) is 2.88. The molecule has 0 saturated carbocycles. The number of unbranched alkanes of at least 4 members (excludes halogenated alkanes) is 24. The van der Waals surface area contributed by atoms with Crippen LogP contribution >= 0.6 is 0 Å². The van der Waals surface area contributed by atoms with Crippen molar-refractivity contribution in [3.05, 3.63) is 0 Å². The van der Waals surface area contributed by atoms with Crippen molar-refractivity contribution in [2.24, 2.45) is 0 Å². The molecule has 0 heterocycles. The first-order valence-electron chi connectivity index (χ1n) is 16.8. The van der Waals surface area contributed by atoms with Gasteiger partial charge in [0.05, 0.1) is 6.61 Å². The molecule has 3 N–H and O–H groups in total. The molecule has 0 aliphatic carbocycles. The van der Waals surface area contributed by atoms with Crippen LogP contribution in [0, 0.1) is 0 Å². The molecule has 0 aromatic rings. The van der Waals surface area contributed by atoms with E-state index >= 15 is 0 Å². The molecule has 0 aromatic carbocycles. The van der Waals surface area contributed by atoms with Gasteiger partial charge in [-0.3, -0.25) is 13.7 Å². The molecular weight excluding hydrogens is 615 g/mol. The van der Waals surface area contributed by atoms with Crippen molar-refractivity contribution in [3.8, 4) is 0 Å². The number of hydrogen-bond acceptors (Lipinski definition) is 5. The van der Waals surface area contributed by atoms with Crippen LogP contribution in [0.3, 0.4) is 0 Å². The fraction of sp³-hybridized carbons (Fsp3) is 1.00. The third-order valence-corrected chi connectivity index (χ3v) is 8.51. The van der Waals surface area contributed by atoms with Gasteiger partial charge in [-0.2, -0.15) is 16.8 Å². The molecule has 42 heavy (non-hydrogen) atoms. The quantitative estimate of drug-likeness (QED) is 0.0422. The first-order chi connectivity index (χ1) is 19.5. The second-order valence-electron chi connectivity index (χ2n) is 11.2. The van der Waals surface area contributed by atoms with Crippen LogP contribution in [0.25, 0.3) is 0 Å². The van der Waals surface area contributed by atoms with Crippen molar-refractivity contribution < 1.29 is 34.7 Å². The summed E-state index contributed by atoms with van der Waals surface area (Å²) >= 11 is 1.10. The summed E-state index contributed by atoms with van der Waals surface area (Å²) in [6.45, 7) is 4.64. The fourth-order valence-electron chi connectivity index (χ4n) is 4.55. The van der Waals surface area contributed by atoms with E-state index in [-0.39, 0.29) is 36.2 Å². The minimum absolute atomic E-state index is 0. The molecule has 0 amide bonds.